The van der Waals surface area contributed by atoms with Crippen molar-refractivity contribution in [3.05, 3.63) is 79.1 Å². The Kier molecular flexibility index (Phi) is 3.74. The second-order valence-electron chi connectivity index (χ2n) is 5.57. The molecule has 4 aromatic rings. The molecule has 4 rings (SSSR count). The molecule has 0 spiro atoms. The SMILES string of the molecule is O=S(=O)(Nc1ccccc1-c1ccccc1)c1c[nH]c2ncccc12. The summed E-state index contributed by atoms with van der Waals surface area (Å²) in [5.74, 6) is 0. The van der Waals surface area contributed by atoms with Gasteiger partial charge in [0.2, 0.25) is 0 Å². The van der Waals surface area contributed by atoms with Crippen LogP contribution in [0.1, 0.15) is 0 Å². The molecule has 0 aliphatic heterocycles. The highest BCUT2D eigenvalue weighted by atomic mass is 32.2. The molecular formula is C19H15N3O2S. The van der Waals surface area contributed by atoms with Gasteiger partial charge in [-0.25, -0.2) is 13.4 Å². The summed E-state index contributed by atoms with van der Waals surface area (Å²) in [6, 6.07) is 20.5. The van der Waals surface area contributed by atoms with Crippen LogP contribution in [-0.4, -0.2) is 18.4 Å². The average Bonchev–Trinajstić information content (AvgIpc) is 3.08. The fraction of sp³-hybridized carbons (Fsp3) is 0. The molecule has 0 amide bonds. The van der Waals surface area contributed by atoms with Crippen molar-refractivity contribution in [2.75, 3.05) is 4.72 Å². The van der Waals surface area contributed by atoms with Gasteiger partial charge in [0.05, 0.1) is 5.69 Å². The van der Waals surface area contributed by atoms with Gasteiger partial charge in [-0.3, -0.25) is 4.72 Å². The molecule has 0 bridgehead atoms. The van der Waals surface area contributed by atoms with Crippen molar-refractivity contribution < 1.29 is 8.42 Å². The van der Waals surface area contributed by atoms with Crippen LogP contribution < -0.4 is 4.72 Å². The van der Waals surface area contributed by atoms with Gasteiger partial charge >= 0.3 is 0 Å². The molecule has 0 aliphatic carbocycles. The van der Waals surface area contributed by atoms with E-state index in [0.29, 0.717) is 16.7 Å². The zero-order valence-corrected chi connectivity index (χ0v) is 14.0. The lowest BCUT2D eigenvalue weighted by Crippen LogP contribution is -2.13. The third kappa shape index (κ3) is 2.88. The number of benzene rings is 2. The maximum Gasteiger partial charge on any atom is 0.264 e. The van der Waals surface area contributed by atoms with Gasteiger partial charge in [-0.1, -0.05) is 48.5 Å². The lowest BCUT2D eigenvalue weighted by molar-refractivity contribution is 0.602. The summed E-state index contributed by atoms with van der Waals surface area (Å²) < 4.78 is 28.5. The molecular weight excluding hydrogens is 334 g/mol. The molecule has 2 heterocycles. The number of nitrogens with one attached hydrogen (secondary N) is 2. The van der Waals surface area contributed by atoms with E-state index in [-0.39, 0.29) is 4.90 Å². The lowest BCUT2D eigenvalue weighted by atomic mass is 10.0. The largest absolute Gasteiger partial charge is 0.345 e. The summed E-state index contributed by atoms with van der Waals surface area (Å²) in [4.78, 5) is 7.21. The van der Waals surface area contributed by atoms with Crippen LogP contribution in [0.2, 0.25) is 0 Å². The summed E-state index contributed by atoms with van der Waals surface area (Å²) in [6.45, 7) is 0. The Balaban J connectivity index is 1.78. The summed E-state index contributed by atoms with van der Waals surface area (Å²) in [5, 5.41) is 0.562. The van der Waals surface area contributed by atoms with E-state index in [1.807, 2.05) is 42.5 Å². The van der Waals surface area contributed by atoms with Crippen LogP contribution in [0, 0.1) is 0 Å². The smallest absolute Gasteiger partial charge is 0.264 e. The van der Waals surface area contributed by atoms with Crippen LogP contribution in [0.15, 0.2) is 84.0 Å². The maximum absolute atomic E-state index is 12.9. The standard InChI is InChI=1S/C19H15N3O2S/c23-25(24,18-13-21-19-16(18)10-6-12-20-19)22-17-11-5-4-9-15(17)14-7-2-1-3-8-14/h1-13,22H,(H,20,21). The molecule has 0 radical (unpaired) electrons. The molecule has 124 valence electrons. The number of fused-ring (bicyclic) bond motifs is 1. The molecule has 2 aromatic heterocycles. The van der Waals surface area contributed by atoms with E-state index in [4.69, 9.17) is 0 Å². The van der Waals surface area contributed by atoms with Crippen molar-refractivity contribution in [1.29, 1.82) is 0 Å². The van der Waals surface area contributed by atoms with E-state index >= 15 is 0 Å². The van der Waals surface area contributed by atoms with Gasteiger partial charge in [0, 0.05) is 23.3 Å². The second kappa shape index (κ2) is 6.07. The Morgan fingerprint density at radius 1 is 0.880 bits per heavy atom. The number of anilines is 1. The number of pyridine rings is 1. The highest BCUT2D eigenvalue weighted by molar-refractivity contribution is 7.93. The van der Waals surface area contributed by atoms with Gasteiger partial charge in [0.25, 0.3) is 10.0 Å². The quantitative estimate of drug-likeness (QED) is 0.584. The van der Waals surface area contributed by atoms with Crippen LogP contribution in [0.3, 0.4) is 0 Å². The van der Waals surface area contributed by atoms with Gasteiger partial charge in [-0.05, 0) is 23.8 Å². The minimum absolute atomic E-state index is 0.179. The normalized spacial score (nSPS) is 11.5. The van der Waals surface area contributed by atoms with Crippen molar-refractivity contribution in [3.63, 3.8) is 0 Å². The minimum atomic E-state index is -3.75. The van der Waals surface area contributed by atoms with Crippen LogP contribution in [0.25, 0.3) is 22.2 Å². The van der Waals surface area contributed by atoms with Gasteiger partial charge < -0.3 is 4.98 Å². The first-order valence-corrected chi connectivity index (χ1v) is 9.23. The third-order valence-corrected chi connectivity index (χ3v) is 5.36. The summed E-state index contributed by atoms with van der Waals surface area (Å²) >= 11 is 0. The molecule has 5 nitrogen and oxygen atoms in total. The molecule has 2 N–H and O–H groups in total. The second-order valence-corrected chi connectivity index (χ2v) is 7.22. The highest BCUT2D eigenvalue weighted by Gasteiger charge is 2.20. The number of nitrogens with zero attached hydrogens (tertiary/aromatic N) is 1. The number of aromatic amines is 1. The van der Waals surface area contributed by atoms with Crippen LogP contribution in [0.4, 0.5) is 5.69 Å². The van der Waals surface area contributed by atoms with E-state index in [9.17, 15) is 8.42 Å². The highest BCUT2D eigenvalue weighted by Crippen LogP contribution is 2.30. The fourth-order valence-corrected chi connectivity index (χ4v) is 4.04. The molecule has 0 saturated heterocycles. The van der Waals surface area contributed by atoms with E-state index in [0.717, 1.165) is 11.1 Å². The molecule has 0 fully saturated rings. The van der Waals surface area contributed by atoms with Crippen molar-refractivity contribution in [2.45, 2.75) is 4.90 Å². The Hall–Kier alpha value is -3.12. The summed E-state index contributed by atoms with van der Waals surface area (Å²) in [7, 11) is -3.75. The first kappa shape index (κ1) is 15.4. The Morgan fingerprint density at radius 3 is 2.48 bits per heavy atom. The Morgan fingerprint density at radius 2 is 1.64 bits per heavy atom. The van der Waals surface area contributed by atoms with Crippen LogP contribution in [-0.2, 0) is 10.0 Å². The molecule has 6 heteroatoms. The number of rotatable bonds is 4. The zero-order chi connectivity index (χ0) is 17.3. The van der Waals surface area contributed by atoms with E-state index < -0.39 is 10.0 Å². The monoisotopic (exact) mass is 349 g/mol. The lowest BCUT2D eigenvalue weighted by Gasteiger charge is -2.12. The number of H-pyrrole nitrogens is 1. The Labute approximate surface area is 145 Å². The minimum Gasteiger partial charge on any atom is -0.345 e. The van der Waals surface area contributed by atoms with E-state index in [2.05, 4.69) is 14.7 Å². The summed E-state index contributed by atoms with van der Waals surface area (Å²) in [6.07, 6.45) is 3.08. The number of aromatic nitrogens is 2. The number of hydrogen-bond donors (Lipinski definition) is 2. The van der Waals surface area contributed by atoms with Crippen molar-refractivity contribution in [2.24, 2.45) is 0 Å². The van der Waals surface area contributed by atoms with E-state index in [1.165, 1.54) is 6.20 Å². The predicted octanol–water partition coefficient (Wildman–Crippen LogP) is 4.03. The van der Waals surface area contributed by atoms with Crippen LogP contribution >= 0.6 is 0 Å². The molecule has 2 aromatic carbocycles. The fourth-order valence-electron chi connectivity index (χ4n) is 2.79. The number of sulfonamides is 1. The van der Waals surface area contributed by atoms with Crippen molar-refractivity contribution in [1.82, 2.24) is 9.97 Å². The number of hydrogen-bond acceptors (Lipinski definition) is 3. The van der Waals surface area contributed by atoms with Crippen molar-refractivity contribution >= 4 is 26.7 Å². The van der Waals surface area contributed by atoms with Gasteiger partial charge in [0.15, 0.2) is 0 Å². The zero-order valence-electron chi connectivity index (χ0n) is 13.2. The first-order valence-electron chi connectivity index (χ1n) is 7.74. The Bertz CT molecular complexity index is 1140. The van der Waals surface area contributed by atoms with Gasteiger partial charge in [0.1, 0.15) is 10.5 Å². The molecule has 25 heavy (non-hydrogen) atoms. The van der Waals surface area contributed by atoms with Crippen molar-refractivity contribution in [3.8, 4) is 11.1 Å². The number of para-hydroxylation sites is 1. The van der Waals surface area contributed by atoms with Gasteiger partial charge in [-0.15, -0.1) is 0 Å². The molecule has 0 aliphatic rings. The maximum atomic E-state index is 12.9. The predicted molar refractivity (Wildman–Crippen MR) is 98.8 cm³/mol. The topological polar surface area (TPSA) is 74.8 Å². The van der Waals surface area contributed by atoms with E-state index in [1.54, 1.807) is 30.5 Å². The first-order chi connectivity index (χ1) is 12.1. The molecule has 0 saturated carbocycles. The average molecular weight is 349 g/mol. The van der Waals surface area contributed by atoms with Gasteiger partial charge in [-0.2, -0.15) is 0 Å². The summed E-state index contributed by atoms with van der Waals surface area (Å²) in [5.41, 5.74) is 2.84. The third-order valence-electron chi connectivity index (χ3n) is 3.96. The molecule has 0 unspecified atom stereocenters. The van der Waals surface area contributed by atoms with Crippen LogP contribution in [0.5, 0.6) is 0 Å². The molecule has 0 atom stereocenters.